The van der Waals surface area contributed by atoms with Crippen LogP contribution in [-0.4, -0.2) is 24.4 Å². The van der Waals surface area contributed by atoms with Crippen molar-refractivity contribution in [3.05, 3.63) is 83.9 Å². The van der Waals surface area contributed by atoms with E-state index in [-0.39, 0.29) is 18.7 Å². The second-order valence-corrected chi connectivity index (χ2v) is 7.50. The summed E-state index contributed by atoms with van der Waals surface area (Å²) in [5.41, 5.74) is 3.42. The molecule has 3 rings (SSSR count). The van der Waals surface area contributed by atoms with Crippen LogP contribution in [0.3, 0.4) is 0 Å². The molecule has 7 heteroatoms. The summed E-state index contributed by atoms with van der Waals surface area (Å²) in [6.07, 6.45) is -0.147. The average molecular weight is 447 g/mol. The van der Waals surface area contributed by atoms with Crippen molar-refractivity contribution in [3.63, 3.8) is 0 Å². The molecule has 7 nitrogen and oxygen atoms in total. The van der Waals surface area contributed by atoms with Crippen LogP contribution in [0.15, 0.2) is 72.8 Å². The molecule has 0 bridgehead atoms. The number of nitrogens with one attached hydrogen (secondary N) is 2. The zero-order chi connectivity index (χ0) is 23.6. The van der Waals surface area contributed by atoms with E-state index < -0.39 is 18.5 Å². The molecule has 0 unspecified atom stereocenters. The number of carbonyl (C=O) groups excluding carboxylic acids is 3. The van der Waals surface area contributed by atoms with E-state index in [2.05, 4.69) is 10.6 Å². The van der Waals surface area contributed by atoms with E-state index in [4.69, 9.17) is 9.47 Å². The van der Waals surface area contributed by atoms with Gasteiger partial charge in [-0.25, -0.2) is 0 Å². The van der Waals surface area contributed by atoms with Crippen LogP contribution in [0.5, 0.6) is 11.5 Å². The van der Waals surface area contributed by atoms with Gasteiger partial charge in [0.1, 0.15) is 11.5 Å². The van der Waals surface area contributed by atoms with E-state index in [0.717, 1.165) is 11.1 Å². The maximum Gasteiger partial charge on any atom is 0.306 e. The molecule has 2 N–H and O–H groups in total. The Kier molecular flexibility index (Phi) is 8.18. The van der Waals surface area contributed by atoms with E-state index in [1.54, 1.807) is 24.3 Å². The first kappa shape index (κ1) is 23.5. The van der Waals surface area contributed by atoms with Gasteiger partial charge in [-0.2, -0.15) is 0 Å². The number of carbonyl (C=O) groups is 3. The van der Waals surface area contributed by atoms with Gasteiger partial charge < -0.3 is 20.1 Å². The quantitative estimate of drug-likeness (QED) is 0.451. The Morgan fingerprint density at radius 2 is 1.33 bits per heavy atom. The first-order chi connectivity index (χ1) is 15.9. The number of esters is 1. The molecular formula is C26H26N2O5. The van der Waals surface area contributed by atoms with Gasteiger partial charge in [-0.1, -0.05) is 24.3 Å². The Morgan fingerprint density at radius 3 is 2.03 bits per heavy atom. The van der Waals surface area contributed by atoms with Crippen LogP contribution in [0.25, 0.3) is 0 Å². The van der Waals surface area contributed by atoms with Gasteiger partial charge in [0, 0.05) is 17.8 Å². The Morgan fingerprint density at radius 1 is 0.697 bits per heavy atom. The Balaban J connectivity index is 1.36. The Labute approximate surface area is 192 Å². The van der Waals surface area contributed by atoms with Gasteiger partial charge in [0.05, 0.1) is 6.42 Å². The predicted molar refractivity (Wildman–Crippen MR) is 126 cm³/mol. The number of amides is 2. The second kappa shape index (κ2) is 11.5. The zero-order valence-corrected chi connectivity index (χ0v) is 18.6. The van der Waals surface area contributed by atoms with Gasteiger partial charge in [0.25, 0.3) is 5.91 Å². The van der Waals surface area contributed by atoms with Gasteiger partial charge in [0.15, 0.2) is 6.61 Å². The minimum atomic E-state index is -0.619. The molecule has 2 amide bonds. The summed E-state index contributed by atoms with van der Waals surface area (Å²) in [4.78, 5) is 35.9. The molecule has 0 atom stereocenters. The van der Waals surface area contributed by atoms with Crippen LogP contribution >= 0.6 is 0 Å². The van der Waals surface area contributed by atoms with E-state index in [1.807, 2.05) is 62.4 Å². The summed E-state index contributed by atoms with van der Waals surface area (Å²) >= 11 is 0. The average Bonchev–Trinajstić information content (AvgIpc) is 2.81. The third kappa shape index (κ3) is 7.81. The van der Waals surface area contributed by atoms with Crippen LogP contribution < -0.4 is 15.4 Å². The molecule has 33 heavy (non-hydrogen) atoms. The number of hydrogen-bond donors (Lipinski definition) is 2. The van der Waals surface area contributed by atoms with Crippen LogP contribution in [0.1, 0.15) is 24.0 Å². The maximum absolute atomic E-state index is 12.0. The fourth-order valence-electron chi connectivity index (χ4n) is 2.90. The predicted octanol–water partition coefficient (Wildman–Crippen LogP) is 5.00. The highest BCUT2D eigenvalue weighted by Gasteiger charge is 2.11. The minimum absolute atomic E-state index is 0.0315. The van der Waals surface area contributed by atoms with Crippen molar-refractivity contribution >= 4 is 29.2 Å². The minimum Gasteiger partial charge on any atom is -0.457 e. The summed E-state index contributed by atoms with van der Waals surface area (Å²) in [5, 5.41) is 5.39. The summed E-state index contributed by atoms with van der Waals surface area (Å²) in [7, 11) is 0. The second-order valence-electron chi connectivity index (χ2n) is 7.50. The molecule has 0 aliphatic carbocycles. The number of ether oxygens (including phenoxy) is 2. The summed E-state index contributed by atoms with van der Waals surface area (Å²) in [6, 6.07) is 21.8. The molecular weight excluding hydrogens is 420 g/mol. The number of para-hydroxylation sites is 1. The number of benzene rings is 3. The molecule has 170 valence electrons. The van der Waals surface area contributed by atoms with Crippen molar-refractivity contribution in [2.75, 3.05) is 17.2 Å². The first-order valence-electron chi connectivity index (χ1n) is 10.5. The third-order valence-corrected chi connectivity index (χ3v) is 4.83. The highest BCUT2D eigenvalue weighted by Crippen LogP contribution is 2.22. The molecule has 0 saturated carbocycles. The highest BCUT2D eigenvalue weighted by molar-refractivity contribution is 5.94. The van der Waals surface area contributed by atoms with Crippen molar-refractivity contribution < 1.29 is 23.9 Å². The number of hydrogen-bond acceptors (Lipinski definition) is 5. The fourth-order valence-corrected chi connectivity index (χ4v) is 2.90. The van der Waals surface area contributed by atoms with Gasteiger partial charge >= 0.3 is 5.97 Å². The summed E-state index contributed by atoms with van der Waals surface area (Å²) in [6.45, 7) is 3.52. The lowest BCUT2D eigenvalue weighted by molar-refractivity contribution is -0.147. The molecule has 0 fully saturated rings. The molecule has 3 aromatic carbocycles. The zero-order valence-electron chi connectivity index (χ0n) is 18.6. The van der Waals surface area contributed by atoms with Crippen molar-refractivity contribution in [2.24, 2.45) is 0 Å². The number of anilines is 2. The molecule has 3 aromatic rings. The number of rotatable bonds is 9. The fraction of sp³-hybridized carbons (Fsp3) is 0.192. The third-order valence-electron chi connectivity index (χ3n) is 4.83. The van der Waals surface area contributed by atoms with Gasteiger partial charge in [-0.05, 0) is 73.5 Å². The van der Waals surface area contributed by atoms with E-state index in [9.17, 15) is 14.4 Å². The standard InChI is InChI=1S/C26H26N2O5/c1-18-8-9-21(16-19(18)2)28-24(29)14-15-26(31)32-17-25(30)27-20-10-12-23(13-11-20)33-22-6-4-3-5-7-22/h3-13,16H,14-15,17H2,1-2H3,(H,27,30)(H,28,29). The summed E-state index contributed by atoms with van der Waals surface area (Å²) in [5.74, 6) is -0.0438. The molecule has 0 spiro atoms. The van der Waals surface area contributed by atoms with Crippen LogP contribution in [0, 0.1) is 13.8 Å². The molecule has 0 aliphatic rings. The maximum atomic E-state index is 12.0. The molecule has 0 aliphatic heterocycles. The largest absolute Gasteiger partial charge is 0.457 e. The first-order valence-corrected chi connectivity index (χ1v) is 10.5. The molecule has 0 saturated heterocycles. The van der Waals surface area contributed by atoms with Crippen LogP contribution in [-0.2, 0) is 19.1 Å². The topological polar surface area (TPSA) is 93.7 Å². The van der Waals surface area contributed by atoms with Gasteiger partial charge in [-0.3, -0.25) is 14.4 Å². The monoisotopic (exact) mass is 446 g/mol. The Hall–Kier alpha value is -4.13. The molecule has 0 heterocycles. The molecule has 0 aromatic heterocycles. The summed E-state index contributed by atoms with van der Waals surface area (Å²) < 4.78 is 10.7. The van der Waals surface area contributed by atoms with Crippen molar-refractivity contribution in [3.8, 4) is 11.5 Å². The molecule has 0 radical (unpaired) electrons. The lowest BCUT2D eigenvalue weighted by atomic mass is 10.1. The van der Waals surface area contributed by atoms with Crippen molar-refractivity contribution in [1.29, 1.82) is 0 Å². The van der Waals surface area contributed by atoms with Crippen molar-refractivity contribution in [1.82, 2.24) is 0 Å². The smallest absolute Gasteiger partial charge is 0.306 e. The normalized spacial score (nSPS) is 10.2. The Bertz CT molecular complexity index is 1110. The van der Waals surface area contributed by atoms with E-state index in [1.165, 1.54) is 0 Å². The lowest BCUT2D eigenvalue weighted by Crippen LogP contribution is -2.21. The lowest BCUT2D eigenvalue weighted by Gasteiger charge is -2.09. The SMILES string of the molecule is Cc1ccc(NC(=O)CCC(=O)OCC(=O)Nc2ccc(Oc3ccccc3)cc2)cc1C. The van der Waals surface area contributed by atoms with Crippen LogP contribution in [0.2, 0.25) is 0 Å². The van der Waals surface area contributed by atoms with Crippen molar-refractivity contribution in [2.45, 2.75) is 26.7 Å². The van der Waals surface area contributed by atoms with Gasteiger partial charge in [0.2, 0.25) is 5.91 Å². The van der Waals surface area contributed by atoms with E-state index in [0.29, 0.717) is 22.9 Å². The van der Waals surface area contributed by atoms with Crippen LogP contribution in [0.4, 0.5) is 11.4 Å². The van der Waals surface area contributed by atoms with E-state index >= 15 is 0 Å². The number of aryl methyl sites for hydroxylation is 2. The highest BCUT2D eigenvalue weighted by atomic mass is 16.5. The van der Waals surface area contributed by atoms with Gasteiger partial charge in [-0.15, -0.1) is 0 Å².